The van der Waals surface area contributed by atoms with E-state index in [-0.39, 0.29) is 5.91 Å². The highest BCUT2D eigenvalue weighted by molar-refractivity contribution is 5.79. The number of carbonyl (C=O) groups excluding carboxylic acids is 2. The zero-order valence-corrected chi connectivity index (χ0v) is 17.0. The minimum Gasteiger partial charge on any atom is -0.347 e. The summed E-state index contributed by atoms with van der Waals surface area (Å²) in [6, 6.07) is -0.421. The Balaban J connectivity index is 3.34. The molecular formula is C22H42N2O2. The number of hydrogen-bond acceptors (Lipinski definition) is 3. The van der Waals surface area contributed by atoms with Crippen LogP contribution in [0.25, 0.3) is 0 Å². The van der Waals surface area contributed by atoms with Gasteiger partial charge in [-0.05, 0) is 45.1 Å². The Labute approximate surface area is 161 Å². The van der Waals surface area contributed by atoms with Crippen LogP contribution in [0.2, 0.25) is 0 Å². The molecule has 0 bridgehead atoms. The van der Waals surface area contributed by atoms with Crippen molar-refractivity contribution in [3.63, 3.8) is 0 Å². The molecule has 0 spiro atoms. The molecule has 0 saturated carbocycles. The summed E-state index contributed by atoms with van der Waals surface area (Å²) in [5, 5.41) is 2.72. The highest BCUT2D eigenvalue weighted by Crippen LogP contribution is 2.10. The van der Waals surface area contributed by atoms with Crippen LogP contribution < -0.4 is 11.1 Å². The standard InChI is InChI=1S/C22H42N2O2/c1-2-3-4-5-6-7-8-9-10-11-12-13-14-15-16-17-22(26)24-21(20-25)18-19-23/h9-10,20-21H,2-8,11-19,23H2,1H3,(H,24,26)/b10-9-. The van der Waals surface area contributed by atoms with Gasteiger partial charge in [0.05, 0.1) is 6.04 Å². The van der Waals surface area contributed by atoms with Crippen LogP contribution in [0.15, 0.2) is 12.2 Å². The average molecular weight is 367 g/mol. The highest BCUT2D eigenvalue weighted by Gasteiger charge is 2.09. The van der Waals surface area contributed by atoms with Crippen molar-refractivity contribution < 1.29 is 9.59 Å². The number of hydrogen-bond donors (Lipinski definition) is 2. The lowest BCUT2D eigenvalue weighted by molar-refractivity contribution is -0.124. The van der Waals surface area contributed by atoms with E-state index in [9.17, 15) is 9.59 Å². The number of carbonyl (C=O) groups is 2. The topological polar surface area (TPSA) is 72.2 Å². The van der Waals surface area contributed by atoms with Crippen molar-refractivity contribution >= 4 is 12.2 Å². The summed E-state index contributed by atoms with van der Waals surface area (Å²) in [5.74, 6) is -0.0341. The molecule has 152 valence electrons. The maximum Gasteiger partial charge on any atom is 0.220 e. The maximum absolute atomic E-state index is 11.7. The van der Waals surface area contributed by atoms with Crippen molar-refractivity contribution in [3.8, 4) is 0 Å². The smallest absolute Gasteiger partial charge is 0.220 e. The molecule has 1 amide bonds. The van der Waals surface area contributed by atoms with E-state index in [1.807, 2.05) is 0 Å². The number of rotatable bonds is 19. The van der Waals surface area contributed by atoms with Crippen LogP contribution in [-0.4, -0.2) is 24.8 Å². The summed E-state index contributed by atoms with van der Waals surface area (Å²) >= 11 is 0. The van der Waals surface area contributed by atoms with Crippen molar-refractivity contribution in [2.45, 2.75) is 109 Å². The molecule has 1 atom stereocenters. The molecule has 0 saturated heterocycles. The normalized spacial score (nSPS) is 12.4. The van der Waals surface area contributed by atoms with Gasteiger partial charge in [0, 0.05) is 6.42 Å². The first kappa shape index (κ1) is 24.8. The lowest BCUT2D eigenvalue weighted by Gasteiger charge is -2.11. The molecule has 0 heterocycles. The Hall–Kier alpha value is -1.16. The van der Waals surface area contributed by atoms with Gasteiger partial charge >= 0.3 is 0 Å². The third-order valence-electron chi connectivity index (χ3n) is 4.65. The molecule has 4 nitrogen and oxygen atoms in total. The van der Waals surface area contributed by atoms with Crippen LogP contribution in [0, 0.1) is 0 Å². The summed E-state index contributed by atoms with van der Waals surface area (Å²) in [4.78, 5) is 22.5. The van der Waals surface area contributed by atoms with Gasteiger partial charge in [-0.2, -0.15) is 0 Å². The number of nitrogens with one attached hydrogen (secondary N) is 1. The molecule has 0 aliphatic rings. The first-order valence-electron chi connectivity index (χ1n) is 10.8. The van der Waals surface area contributed by atoms with Gasteiger partial charge in [-0.15, -0.1) is 0 Å². The molecule has 26 heavy (non-hydrogen) atoms. The lowest BCUT2D eigenvalue weighted by atomic mass is 10.1. The third-order valence-corrected chi connectivity index (χ3v) is 4.65. The predicted octanol–water partition coefficient (Wildman–Crippen LogP) is 5.06. The largest absolute Gasteiger partial charge is 0.347 e. The molecule has 4 heteroatoms. The lowest BCUT2D eigenvalue weighted by Crippen LogP contribution is -2.37. The van der Waals surface area contributed by atoms with Crippen molar-refractivity contribution in [1.29, 1.82) is 0 Å². The second-order valence-corrected chi connectivity index (χ2v) is 7.22. The molecule has 0 aromatic rings. The van der Waals surface area contributed by atoms with E-state index in [1.54, 1.807) is 0 Å². The quantitative estimate of drug-likeness (QED) is 0.191. The molecule has 1 unspecified atom stereocenters. The van der Waals surface area contributed by atoms with E-state index in [0.29, 0.717) is 19.4 Å². The predicted molar refractivity (Wildman–Crippen MR) is 111 cm³/mol. The van der Waals surface area contributed by atoms with Crippen LogP contribution in [0.5, 0.6) is 0 Å². The van der Waals surface area contributed by atoms with E-state index in [1.165, 1.54) is 70.6 Å². The van der Waals surface area contributed by atoms with E-state index < -0.39 is 6.04 Å². The third kappa shape index (κ3) is 17.7. The molecule has 0 aromatic carbocycles. The Morgan fingerprint density at radius 1 is 0.885 bits per heavy atom. The van der Waals surface area contributed by atoms with Crippen LogP contribution in [-0.2, 0) is 9.59 Å². The number of allylic oxidation sites excluding steroid dienone is 2. The Kier molecular flexibility index (Phi) is 19.3. The molecule has 0 fully saturated rings. The summed E-state index contributed by atoms with van der Waals surface area (Å²) in [5.41, 5.74) is 5.40. The summed E-state index contributed by atoms with van der Waals surface area (Å²) < 4.78 is 0. The first-order chi connectivity index (χ1) is 12.7. The SMILES string of the molecule is CCCCCCCC/C=C\CCCCCCCC(=O)NC(C=O)CCN. The number of amides is 1. The Morgan fingerprint density at radius 2 is 1.42 bits per heavy atom. The van der Waals surface area contributed by atoms with Gasteiger partial charge in [0.15, 0.2) is 0 Å². The first-order valence-corrected chi connectivity index (χ1v) is 10.8. The van der Waals surface area contributed by atoms with Crippen molar-refractivity contribution in [3.05, 3.63) is 12.2 Å². The van der Waals surface area contributed by atoms with Gasteiger partial charge in [-0.25, -0.2) is 0 Å². The van der Waals surface area contributed by atoms with E-state index in [2.05, 4.69) is 24.4 Å². The monoisotopic (exact) mass is 366 g/mol. The molecule has 0 aromatic heterocycles. The van der Waals surface area contributed by atoms with Crippen LogP contribution in [0.4, 0.5) is 0 Å². The zero-order chi connectivity index (χ0) is 19.3. The highest BCUT2D eigenvalue weighted by atomic mass is 16.2. The fourth-order valence-electron chi connectivity index (χ4n) is 2.99. The second-order valence-electron chi connectivity index (χ2n) is 7.22. The van der Waals surface area contributed by atoms with E-state index in [0.717, 1.165) is 19.1 Å². The summed E-state index contributed by atoms with van der Waals surface area (Å²) in [6.45, 7) is 2.67. The number of nitrogens with two attached hydrogens (primary N) is 1. The molecule has 0 aliphatic heterocycles. The van der Waals surface area contributed by atoms with Gasteiger partial charge < -0.3 is 15.8 Å². The molecule has 3 N–H and O–H groups in total. The molecule has 0 rings (SSSR count). The van der Waals surface area contributed by atoms with E-state index in [4.69, 9.17) is 5.73 Å². The minimum atomic E-state index is -0.421. The van der Waals surface area contributed by atoms with Crippen molar-refractivity contribution in [1.82, 2.24) is 5.32 Å². The van der Waals surface area contributed by atoms with Gasteiger partial charge in [0.25, 0.3) is 0 Å². The minimum absolute atomic E-state index is 0.0341. The molecule has 0 radical (unpaired) electrons. The van der Waals surface area contributed by atoms with Crippen molar-refractivity contribution in [2.24, 2.45) is 5.73 Å². The summed E-state index contributed by atoms with van der Waals surface area (Å²) in [7, 11) is 0. The second kappa shape index (κ2) is 20.2. The number of unbranched alkanes of at least 4 members (excludes halogenated alkanes) is 11. The fourth-order valence-corrected chi connectivity index (χ4v) is 2.99. The van der Waals surface area contributed by atoms with Crippen LogP contribution in [0.3, 0.4) is 0 Å². The molecule has 0 aliphatic carbocycles. The van der Waals surface area contributed by atoms with Gasteiger partial charge in [0.1, 0.15) is 6.29 Å². The molecular weight excluding hydrogens is 324 g/mol. The van der Waals surface area contributed by atoms with E-state index >= 15 is 0 Å². The van der Waals surface area contributed by atoms with Crippen molar-refractivity contribution in [2.75, 3.05) is 6.54 Å². The maximum atomic E-state index is 11.7. The Bertz CT molecular complexity index is 356. The Morgan fingerprint density at radius 3 is 1.96 bits per heavy atom. The average Bonchev–Trinajstić information content (AvgIpc) is 2.64. The van der Waals surface area contributed by atoms with Gasteiger partial charge in [-0.1, -0.05) is 70.4 Å². The number of aldehydes is 1. The summed E-state index contributed by atoms with van der Waals surface area (Å²) in [6.07, 6.45) is 22.7. The van der Waals surface area contributed by atoms with Gasteiger partial charge in [-0.3, -0.25) is 4.79 Å². The van der Waals surface area contributed by atoms with Gasteiger partial charge in [0.2, 0.25) is 5.91 Å². The van der Waals surface area contributed by atoms with Crippen LogP contribution in [0.1, 0.15) is 103 Å². The zero-order valence-electron chi connectivity index (χ0n) is 17.0. The van der Waals surface area contributed by atoms with Crippen LogP contribution >= 0.6 is 0 Å². The fraction of sp³-hybridized carbons (Fsp3) is 0.818.